The maximum atomic E-state index is 12.6. The van der Waals surface area contributed by atoms with Gasteiger partial charge >= 0.3 is 11.6 Å². The molecule has 0 radical (unpaired) electrons. The van der Waals surface area contributed by atoms with Crippen LogP contribution in [0.15, 0.2) is 67.1 Å². The number of fused-ring (bicyclic) bond motifs is 1. The molecule has 0 bridgehead atoms. The molecule has 1 heterocycles. The fraction of sp³-hybridized carbons (Fsp3) is 0.200. The van der Waals surface area contributed by atoms with Crippen molar-refractivity contribution in [1.29, 1.82) is 0 Å². The van der Waals surface area contributed by atoms with Gasteiger partial charge in [0.1, 0.15) is 18.2 Å². The number of hydrogen-bond acceptors (Lipinski definition) is 7. The van der Waals surface area contributed by atoms with Gasteiger partial charge in [0.05, 0.1) is 11.0 Å². The molecule has 0 fully saturated rings. The molecule has 164 valence electrons. The zero-order valence-corrected chi connectivity index (χ0v) is 19.2. The summed E-state index contributed by atoms with van der Waals surface area (Å²) in [4.78, 5) is 24.2. The van der Waals surface area contributed by atoms with Gasteiger partial charge < -0.3 is 14.3 Å². The normalized spacial score (nSPS) is 13.7. The fourth-order valence-electron chi connectivity index (χ4n) is 2.75. The molecule has 0 saturated carbocycles. The van der Waals surface area contributed by atoms with E-state index in [-0.39, 0.29) is 11.5 Å². The van der Waals surface area contributed by atoms with Crippen molar-refractivity contribution < 1.29 is 27.5 Å². The lowest BCUT2D eigenvalue weighted by atomic mass is 10.1. The lowest BCUT2D eigenvalue weighted by Crippen LogP contribution is -2.48. The van der Waals surface area contributed by atoms with E-state index >= 15 is 0 Å². The average Bonchev–Trinajstić information content (AvgIpc) is 2.69. The predicted octanol–water partition coefficient (Wildman–Crippen LogP) is 2.98. The van der Waals surface area contributed by atoms with Gasteiger partial charge in [-0.2, -0.15) is 4.72 Å². The first-order valence-electron chi connectivity index (χ1n) is 8.92. The van der Waals surface area contributed by atoms with E-state index in [1.54, 1.807) is 18.2 Å². The van der Waals surface area contributed by atoms with E-state index in [0.29, 0.717) is 26.0 Å². The van der Waals surface area contributed by atoms with Gasteiger partial charge in [-0.25, -0.2) is 13.2 Å². The third-order valence-corrected chi connectivity index (χ3v) is 6.51. The molecule has 2 aromatic carbocycles. The lowest BCUT2D eigenvalue weighted by Gasteiger charge is -2.20. The topological polar surface area (TPSA) is 123 Å². The number of nitrogens with one attached hydrogen (secondary N) is 1. The predicted molar refractivity (Wildman–Crippen MR) is 117 cm³/mol. The van der Waals surface area contributed by atoms with Crippen molar-refractivity contribution in [3.05, 3.63) is 74.0 Å². The molecule has 3 aromatic rings. The Labute approximate surface area is 191 Å². The standard InChI is InChI=1S/C20H17BrClNO7S/c1-11(24)19(23-31(27,28)15-5-3-14(22)4-6-15)20(26)29-10-12-8-18(25)30-17-9-13(21)2-7-16(12)17/h2-9,11,19,23-24H,10H2,1H3/t11-,19-/m1/s1. The summed E-state index contributed by atoms with van der Waals surface area (Å²) in [6.07, 6.45) is -1.39. The van der Waals surface area contributed by atoms with Gasteiger partial charge in [0, 0.05) is 26.5 Å². The monoisotopic (exact) mass is 529 g/mol. The molecule has 8 nitrogen and oxygen atoms in total. The summed E-state index contributed by atoms with van der Waals surface area (Å²) in [5.74, 6) is -1.01. The van der Waals surface area contributed by atoms with E-state index in [4.69, 9.17) is 20.8 Å². The van der Waals surface area contributed by atoms with E-state index in [9.17, 15) is 23.1 Å². The molecular formula is C20H17BrClNO7S. The Morgan fingerprint density at radius 1 is 1.23 bits per heavy atom. The van der Waals surface area contributed by atoms with Crippen LogP contribution in [-0.2, 0) is 26.2 Å². The van der Waals surface area contributed by atoms with Crippen molar-refractivity contribution >= 4 is 54.5 Å². The molecule has 0 aliphatic carbocycles. The molecule has 0 amide bonds. The first-order valence-corrected chi connectivity index (χ1v) is 11.6. The summed E-state index contributed by atoms with van der Waals surface area (Å²) < 4.78 is 38.3. The van der Waals surface area contributed by atoms with Crippen LogP contribution >= 0.6 is 27.5 Å². The number of esters is 1. The lowest BCUT2D eigenvalue weighted by molar-refractivity contribution is -0.149. The Hall–Kier alpha value is -2.24. The van der Waals surface area contributed by atoms with Gasteiger partial charge in [-0.3, -0.25) is 4.79 Å². The Kier molecular flexibility index (Phi) is 7.17. The second-order valence-electron chi connectivity index (χ2n) is 6.63. The molecule has 31 heavy (non-hydrogen) atoms. The molecule has 3 rings (SSSR count). The highest BCUT2D eigenvalue weighted by Crippen LogP contribution is 2.22. The van der Waals surface area contributed by atoms with Crippen LogP contribution in [0.2, 0.25) is 5.02 Å². The number of carbonyl (C=O) groups is 1. The molecule has 0 aliphatic rings. The Balaban J connectivity index is 1.80. The maximum absolute atomic E-state index is 12.6. The van der Waals surface area contributed by atoms with E-state index < -0.39 is 33.8 Å². The number of aliphatic hydroxyl groups excluding tert-OH is 1. The summed E-state index contributed by atoms with van der Waals surface area (Å²) >= 11 is 9.05. The minimum Gasteiger partial charge on any atom is -0.460 e. The van der Waals surface area contributed by atoms with Crippen LogP contribution in [0.5, 0.6) is 0 Å². The third-order valence-electron chi connectivity index (χ3n) is 4.30. The summed E-state index contributed by atoms with van der Waals surface area (Å²) in [5.41, 5.74) is 0.0348. The molecule has 0 spiro atoms. The molecule has 0 aliphatic heterocycles. The van der Waals surface area contributed by atoms with Gasteiger partial charge in [-0.1, -0.05) is 27.5 Å². The second-order valence-corrected chi connectivity index (χ2v) is 9.70. The van der Waals surface area contributed by atoms with Crippen LogP contribution in [0.1, 0.15) is 12.5 Å². The first-order chi connectivity index (χ1) is 14.6. The molecule has 0 saturated heterocycles. The van der Waals surface area contributed by atoms with E-state index in [0.717, 1.165) is 0 Å². The number of rotatable bonds is 7. The average molecular weight is 531 g/mol. The van der Waals surface area contributed by atoms with Crippen LogP contribution < -0.4 is 10.3 Å². The van der Waals surface area contributed by atoms with Crippen LogP contribution in [0.3, 0.4) is 0 Å². The highest BCUT2D eigenvalue weighted by molar-refractivity contribution is 9.10. The van der Waals surface area contributed by atoms with Gasteiger partial charge in [0.15, 0.2) is 0 Å². The quantitative estimate of drug-likeness (QED) is 0.356. The van der Waals surface area contributed by atoms with E-state index in [1.807, 2.05) is 0 Å². The number of hydrogen-bond donors (Lipinski definition) is 2. The summed E-state index contributed by atoms with van der Waals surface area (Å²) in [6, 6.07) is 9.92. The number of aliphatic hydroxyl groups is 1. The zero-order valence-electron chi connectivity index (χ0n) is 16.0. The van der Waals surface area contributed by atoms with Gasteiger partial charge in [-0.05, 0) is 49.4 Å². The largest absolute Gasteiger partial charge is 0.460 e. The number of ether oxygens (including phenoxy) is 1. The van der Waals surface area contributed by atoms with Crippen LogP contribution in [-0.4, -0.2) is 31.6 Å². The van der Waals surface area contributed by atoms with Gasteiger partial charge in [-0.15, -0.1) is 0 Å². The van der Waals surface area contributed by atoms with Gasteiger partial charge in [0.2, 0.25) is 10.0 Å². The number of benzene rings is 2. The number of sulfonamides is 1. The van der Waals surface area contributed by atoms with Crippen molar-refractivity contribution in [2.24, 2.45) is 0 Å². The van der Waals surface area contributed by atoms with Crippen LogP contribution in [0.4, 0.5) is 0 Å². The second kappa shape index (κ2) is 9.49. The summed E-state index contributed by atoms with van der Waals surface area (Å²) in [6.45, 7) is 0.925. The minimum atomic E-state index is -4.14. The highest BCUT2D eigenvalue weighted by Gasteiger charge is 2.31. The van der Waals surface area contributed by atoms with E-state index in [1.165, 1.54) is 37.3 Å². The van der Waals surface area contributed by atoms with E-state index in [2.05, 4.69) is 20.7 Å². The Morgan fingerprint density at radius 2 is 1.90 bits per heavy atom. The zero-order chi connectivity index (χ0) is 22.8. The smallest absolute Gasteiger partial charge is 0.336 e. The molecule has 0 unspecified atom stereocenters. The maximum Gasteiger partial charge on any atom is 0.336 e. The SMILES string of the molecule is C[C@@H](O)[C@@H](NS(=O)(=O)c1ccc(Cl)cc1)C(=O)OCc1cc(=O)oc2cc(Br)ccc12. The molecule has 11 heteroatoms. The molecule has 2 atom stereocenters. The first kappa shape index (κ1) is 23.4. The van der Waals surface area contributed by atoms with Crippen LogP contribution in [0, 0.1) is 0 Å². The van der Waals surface area contributed by atoms with Crippen molar-refractivity contribution in [3.63, 3.8) is 0 Å². The number of carbonyl (C=O) groups excluding carboxylic acids is 1. The molecule has 2 N–H and O–H groups in total. The summed E-state index contributed by atoms with van der Waals surface area (Å²) in [5, 5.41) is 10.9. The third kappa shape index (κ3) is 5.72. The Morgan fingerprint density at radius 3 is 2.55 bits per heavy atom. The molecular weight excluding hydrogens is 514 g/mol. The van der Waals surface area contributed by atoms with Crippen molar-refractivity contribution in [2.45, 2.75) is 30.6 Å². The summed E-state index contributed by atoms with van der Waals surface area (Å²) in [7, 11) is -4.14. The van der Waals surface area contributed by atoms with Crippen molar-refractivity contribution in [2.75, 3.05) is 0 Å². The van der Waals surface area contributed by atoms with Crippen molar-refractivity contribution in [3.8, 4) is 0 Å². The van der Waals surface area contributed by atoms with Gasteiger partial charge in [0.25, 0.3) is 0 Å². The number of halogens is 2. The highest BCUT2D eigenvalue weighted by atomic mass is 79.9. The van der Waals surface area contributed by atoms with Crippen LogP contribution in [0.25, 0.3) is 11.0 Å². The van der Waals surface area contributed by atoms with Crippen molar-refractivity contribution in [1.82, 2.24) is 4.72 Å². The molecule has 1 aromatic heterocycles. The fourth-order valence-corrected chi connectivity index (χ4v) is 4.48. The minimum absolute atomic E-state index is 0.132. The Bertz CT molecular complexity index is 1270.